The second-order valence-corrected chi connectivity index (χ2v) is 9.63. The molecular formula is C30H27F3N6O5. The maximum Gasteiger partial charge on any atom is 0.452 e. The highest BCUT2D eigenvalue weighted by molar-refractivity contribution is 5.93. The van der Waals surface area contributed by atoms with Gasteiger partial charge in [0.2, 0.25) is 5.91 Å². The quantitative estimate of drug-likeness (QED) is 0.198. The average Bonchev–Trinajstić information content (AvgIpc) is 2.97. The number of amides is 2. The first-order valence-corrected chi connectivity index (χ1v) is 13.1. The molecule has 1 atom stereocenters. The minimum Gasteiger partial charge on any atom is -0.444 e. The molecule has 0 bridgehead atoms. The molecule has 44 heavy (non-hydrogen) atoms. The van der Waals surface area contributed by atoms with Crippen molar-refractivity contribution in [2.45, 2.75) is 31.8 Å². The summed E-state index contributed by atoms with van der Waals surface area (Å²) in [5.74, 6) is -3.40. The molecule has 4 aromatic rings. The number of rotatable bonds is 10. The van der Waals surface area contributed by atoms with Gasteiger partial charge in [0.25, 0.3) is 11.3 Å². The lowest BCUT2D eigenvalue weighted by molar-refractivity contribution is -0.173. The van der Waals surface area contributed by atoms with Gasteiger partial charge in [-0.15, -0.1) is 0 Å². The zero-order valence-electron chi connectivity index (χ0n) is 23.0. The number of carbonyl (C=O) groups excluding carboxylic acids is 3. The van der Waals surface area contributed by atoms with Crippen molar-refractivity contribution in [2.75, 3.05) is 16.8 Å². The van der Waals surface area contributed by atoms with Gasteiger partial charge < -0.3 is 21.5 Å². The Morgan fingerprint density at radius 1 is 0.909 bits per heavy atom. The third-order valence-electron chi connectivity index (χ3n) is 6.25. The lowest BCUT2D eigenvalue weighted by Gasteiger charge is -2.20. The van der Waals surface area contributed by atoms with Gasteiger partial charge in [-0.3, -0.25) is 24.3 Å². The van der Waals surface area contributed by atoms with E-state index in [9.17, 15) is 32.3 Å². The summed E-state index contributed by atoms with van der Waals surface area (Å²) >= 11 is 0. The monoisotopic (exact) mass is 608 g/mol. The first-order chi connectivity index (χ1) is 20.9. The summed E-state index contributed by atoms with van der Waals surface area (Å²) in [6.07, 6.45) is -5.66. The van der Waals surface area contributed by atoms with Crippen molar-refractivity contribution in [1.29, 1.82) is 0 Å². The SMILES string of the molecule is Nc1cc(N)cc(-c2ncc(NC(=O)OCc3ccccc3)c(=O)n2CC(=O)NC(Cc2ccccc2)C(=O)C(F)(F)F)c1. The molecule has 3 aromatic carbocycles. The Kier molecular flexibility index (Phi) is 9.63. The number of nitrogens with zero attached hydrogens (tertiary/aromatic N) is 2. The molecule has 0 aliphatic carbocycles. The summed E-state index contributed by atoms with van der Waals surface area (Å²) in [5, 5.41) is 4.36. The molecule has 0 fully saturated rings. The highest BCUT2D eigenvalue weighted by Crippen LogP contribution is 2.24. The summed E-state index contributed by atoms with van der Waals surface area (Å²) in [6, 6.07) is 18.8. The Balaban J connectivity index is 1.64. The maximum atomic E-state index is 13.5. The molecule has 1 aromatic heterocycles. The molecule has 0 radical (unpaired) electrons. The number of ketones is 1. The predicted octanol–water partition coefficient (Wildman–Crippen LogP) is 3.68. The van der Waals surface area contributed by atoms with E-state index in [1.165, 1.54) is 30.3 Å². The molecular weight excluding hydrogens is 581 g/mol. The predicted molar refractivity (Wildman–Crippen MR) is 156 cm³/mol. The highest BCUT2D eigenvalue weighted by Gasteiger charge is 2.44. The normalized spacial score (nSPS) is 11.8. The van der Waals surface area contributed by atoms with E-state index in [2.05, 4.69) is 15.6 Å². The van der Waals surface area contributed by atoms with Crippen LogP contribution in [0.25, 0.3) is 11.4 Å². The van der Waals surface area contributed by atoms with E-state index < -0.39 is 48.5 Å². The number of hydrogen-bond donors (Lipinski definition) is 4. The molecule has 2 amide bonds. The molecule has 1 unspecified atom stereocenters. The van der Waals surface area contributed by atoms with E-state index in [1.807, 2.05) is 0 Å². The van der Waals surface area contributed by atoms with Crippen LogP contribution < -0.4 is 27.7 Å². The number of benzene rings is 3. The van der Waals surface area contributed by atoms with Crippen LogP contribution >= 0.6 is 0 Å². The van der Waals surface area contributed by atoms with Gasteiger partial charge in [-0.2, -0.15) is 13.2 Å². The number of alkyl halides is 3. The minimum atomic E-state index is -5.24. The molecule has 0 saturated carbocycles. The van der Waals surface area contributed by atoms with E-state index in [-0.39, 0.29) is 35.1 Å². The van der Waals surface area contributed by atoms with Gasteiger partial charge in [0.1, 0.15) is 30.7 Å². The van der Waals surface area contributed by atoms with Crippen LogP contribution in [0.4, 0.5) is 35.0 Å². The smallest absolute Gasteiger partial charge is 0.444 e. The Morgan fingerprint density at radius 2 is 1.50 bits per heavy atom. The van der Waals surface area contributed by atoms with Crippen LogP contribution in [0.1, 0.15) is 11.1 Å². The van der Waals surface area contributed by atoms with Crippen LogP contribution in [0.15, 0.2) is 89.9 Å². The Labute approximate surface area is 248 Å². The largest absolute Gasteiger partial charge is 0.452 e. The number of nitrogens with two attached hydrogens (primary N) is 2. The number of hydrogen-bond acceptors (Lipinski definition) is 8. The van der Waals surface area contributed by atoms with E-state index in [0.717, 1.165) is 10.8 Å². The standard InChI is InChI=1S/C30H27F3N6O5/c31-30(32,33)26(41)23(11-18-7-3-1-4-8-18)37-25(40)16-39-27(20-12-21(34)14-22(35)13-20)36-15-24(28(39)42)38-29(43)44-17-19-9-5-2-6-10-19/h1-10,12-15,23H,11,16-17,34-35H2,(H,37,40)(H,38,43). The molecule has 228 valence electrons. The van der Waals surface area contributed by atoms with Gasteiger partial charge >= 0.3 is 12.3 Å². The Bertz CT molecular complexity index is 1690. The summed E-state index contributed by atoms with van der Waals surface area (Å²) in [4.78, 5) is 55.5. The van der Waals surface area contributed by atoms with E-state index >= 15 is 0 Å². The van der Waals surface area contributed by atoms with Crippen molar-refractivity contribution in [1.82, 2.24) is 14.9 Å². The maximum absolute atomic E-state index is 13.5. The molecule has 11 nitrogen and oxygen atoms in total. The van der Waals surface area contributed by atoms with E-state index in [4.69, 9.17) is 16.2 Å². The van der Waals surface area contributed by atoms with Crippen LogP contribution in [-0.2, 0) is 33.9 Å². The Hall–Kier alpha value is -5.66. The van der Waals surface area contributed by atoms with E-state index in [1.54, 1.807) is 48.5 Å². The number of aromatic nitrogens is 2. The summed E-state index contributed by atoms with van der Waals surface area (Å²) in [6.45, 7) is -0.978. The third-order valence-corrected chi connectivity index (χ3v) is 6.25. The van der Waals surface area contributed by atoms with Gasteiger partial charge in [0, 0.05) is 23.4 Å². The number of nitrogens with one attached hydrogen (secondary N) is 2. The number of carbonyl (C=O) groups is 3. The molecule has 4 rings (SSSR count). The van der Waals surface area contributed by atoms with Crippen molar-refractivity contribution in [2.24, 2.45) is 0 Å². The van der Waals surface area contributed by atoms with Gasteiger partial charge in [0.05, 0.1) is 6.20 Å². The fourth-order valence-electron chi connectivity index (χ4n) is 4.27. The summed E-state index contributed by atoms with van der Waals surface area (Å²) < 4.78 is 46.2. The molecule has 0 saturated heterocycles. The van der Waals surface area contributed by atoms with Gasteiger partial charge in [0.15, 0.2) is 0 Å². The van der Waals surface area contributed by atoms with Gasteiger partial charge in [-0.05, 0) is 29.3 Å². The Morgan fingerprint density at radius 3 is 2.09 bits per heavy atom. The minimum absolute atomic E-state index is 0.104. The van der Waals surface area contributed by atoms with Crippen molar-refractivity contribution in [3.8, 4) is 11.4 Å². The van der Waals surface area contributed by atoms with E-state index in [0.29, 0.717) is 11.1 Å². The topological polar surface area (TPSA) is 171 Å². The fraction of sp³-hybridized carbons (Fsp3) is 0.167. The van der Waals surface area contributed by atoms with Crippen LogP contribution in [0.2, 0.25) is 0 Å². The number of Topliss-reactive ketones (excluding diaryl/α,β-unsaturated/α-hetero) is 1. The molecule has 0 aliphatic rings. The van der Waals surface area contributed by atoms with Gasteiger partial charge in [-0.25, -0.2) is 9.78 Å². The number of nitrogen functional groups attached to an aromatic ring is 2. The van der Waals surface area contributed by atoms with Crippen LogP contribution in [0.5, 0.6) is 0 Å². The van der Waals surface area contributed by atoms with Crippen LogP contribution in [0, 0.1) is 0 Å². The first kappa shape index (κ1) is 31.3. The molecule has 0 spiro atoms. The third kappa shape index (κ3) is 8.21. The van der Waals surface area contributed by atoms with Crippen molar-refractivity contribution >= 4 is 34.8 Å². The summed E-state index contributed by atoms with van der Waals surface area (Å²) in [5.41, 5.74) is 12.1. The zero-order valence-corrected chi connectivity index (χ0v) is 23.0. The van der Waals surface area contributed by atoms with Crippen molar-refractivity contribution in [3.05, 3.63) is 107 Å². The molecule has 1 heterocycles. The number of halogens is 3. The molecule has 14 heteroatoms. The zero-order chi connectivity index (χ0) is 31.9. The second kappa shape index (κ2) is 13.5. The second-order valence-electron chi connectivity index (χ2n) is 9.63. The molecule has 0 aliphatic heterocycles. The average molecular weight is 609 g/mol. The van der Waals surface area contributed by atoms with Crippen molar-refractivity contribution < 1.29 is 32.3 Å². The molecule has 6 N–H and O–H groups in total. The van der Waals surface area contributed by atoms with Crippen molar-refractivity contribution in [3.63, 3.8) is 0 Å². The van der Waals surface area contributed by atoms with Gasteiger partial charge in [-0.1, -0.05) is 60.7 Å². The van der Waals surface area contributed by atoms with Crippen LogP contribution in [0.3, 0.4) is 0 Å². The lowest BCUT2D eigenvalue weighted by atomic mass is 10.0. The lowest BCUT2D eigenvalue weighted by Crippen LogP contribution is -2.49. The summed E-state index contributed by atoms with van der Waals surface area (Å²) in [7, 11) is 0. The fourth-order valence-corrected chi connectivity index (χ4v) is 4.27. The first-order valence-electron chi connectivity index (χ1n) is 13.1. The van der Waals surface area contributed by atoms with Crippen LogP contribution in [-0.4, -0.2) is 39.6 Å². The highest BCUT2D eigenvalue weighted by atomic mass is 19.4. The number of ether oxygens (including phenoxy) is 1. The number of anilines is 3.